The average molecular weight is 418 g/mol. The van der Waals surface area contributed by atoms with Gasteiger partial charge in [0.2, 0.25) is 11.8 Å². The number of nitrogens with one attached hydrogen (secondary N) is 1. The summed E-state index contributed by atoms with van der Waals surface area (Å²) in [4.78, 5) is 49.8. The zero-order valence-electron chi connectivity index (χ0n) is 17.1. The summed E-state index contributed by atoms with van der Waals surface area (Å²) < 4.78 is 15.3. The van der Waals surface area contributed by atoms with Gasteiger partial charge in [-0.25, -0.2) is 0 Å². The number of esters is 1. The van der Waals surface area contributed by atoms with E-state index < -0.39 is 25.0 Å². The van der Waals surface area contributed by atoms with E-state index in [-0.39, 0.29) is 30.2 Å². The SMILES string of the molecule is COc1ccc(CNC(=O)COC(=O)CN2C(=O)[C@H]3CCCC[C@H]3C2=O)cc1OC. The maximum Gasteiger partial charge on any atom is 0.326 e. The van der Waals surface area contributed by atoms with E-state index in [1.54, 1.807) is 18.2 Å². The van der Waals surface area contributed by atoms with Crippen LogP contribution in [0.3, 0.4) is 0 Å². The quantitative estimate of drug-likeness (QED) is 0.496. The van der Waals surface area contributed by atoms with Crippen LogP contribution in [0.25, 0.3) is 0 Å². The van der Waals surface area contributed by atoms with Crippen molar-refractivity contribution in [1.82, 2.24) is 10.2 Å². The van der Waals surface area contributed by atoms with Gasteiger partial charge in [-0.2, -0.15) is 0 Å². The third-order valence-electron chi connectivity index (χ3n) is 5.52. The Morgan fingerprint density at radius 1 is 1.03 bits per heavy atom. The Kier molecular flexibility index (Phi) is 6.91. The van der Waals surface area contributed by atoms with Crippen LogP contribution in [0.5, 0.6) is 11.5 Å². The molecule has 2 atom stereocenters. The highest BCUT2D eigenvalue weighted by molar-refractivity contribution is 6.07. The summed E-state index contributed by atoms with van der Waals surface area (Å²) >= 11 is 0. The third kappa shape index (κ3) is 4.72. The minimum Gasteiger partial charge on any atom is -0.493 e. The number of imide groups is 1. The number of likely N-dealkylation sites (tertiary alicyclic amines) is 1. The van der Waals surface area contributed by atoms with Crippen LogP contribution in [0.15, 0.2) is 18.2 Å². The molecule has 1 aromatic carbocycles. The Labute approximate surface area is 174 Å². The second kappa shape index (κ2) is 9.60. The van der Waals surface area contributed by atoms with Crippen molar-refractivity contribution in [1.29, 1.82) is 0 Å². The number of nitrogens with zero attached hydrogens (tertiary/aromatic N) is 1. The number of methoxy groups -OCH3 is 2. The van der Waals surface area contributed by atoms with Crippen LogP contribution < -0.4 is 14.8 Å². The molecule has 2 aliphatic rings. The van der Waals surface area contributed by atoms with Gasteiger partial charge in [-0.1, -0.05) is 18.9 Å². The highest BCUT2D eigenvalue weighted by Crippen LogP contribution is 2.37. The van der Waals surface area contributed by atoms with E-state index in [1.165, 1.54) is 14.2 Å². The van der Waals surface area contributed by atoms with Crippen molar-refractivity contribution in [3.8, 4) is 11.5 Å². The molecule has 1 aliphatic carbocycles. The summed E-state index contributed by atoms with van der Waals surface area (Å²) in [6, 6.07) is 5.23. The molecule has 0 aromatic heterocycles. The molecule has 0 radical (unpaired) electrons. The molecule has 9 nitrogen and oxygen atoms in total. The lowest BCUT2D eigenvalue weighted by Crippen LogP contribution is -2.38. The maximum atomic E-state index is 12.4. The zero-order valence-corrected chi connectivity index (χ0v) is 17.1. The first-order chi connectivity index (χ1) is 14.4. The molecule has 9 heteroatoms. The van der Waals surface area contributed by atoms with Crippen molar-refractivity contribution < 1.29 is 33.4 Å². The topological polar surface area (TPSA) is 111 Å². The van der Waals surface area contributed by atoms with Gasteiger partial charge in [-0.05, 0) is 30.5 Å². The molecular weight excluding hydrogens is 392 g/mol. The van der Waals surface area contributed by atoms with Crippen molar-refractivity contribution in [2.45, 2.75) is 32.2 Å². The number of benzene rings is 1. The fourth-order valence-electron chi connectivity index (χ4n) is 3.95. The second-order valence-electron chi connectivity index (χ2n) is 7.39. The number of amides is 3. The van der Waals surface area contributed by atoms with Crippen LogP contribution >= 0.6 is 0 Å². The Morgan fingerprint density at radius 3 is 2.27 bits per heavy atom. The summed E-state index contributed by atoms with van der Waals surface area (Å²) in [7, 11) is 3.05. The molecule has 0 unspecified atom stereocenters. The summed E-state index contributed by atoms with van der Waals surface area (Å²) in [6.45, 7) is -0.730. The number of ether oxygens (including phenoxy) is 3. The minimum absolute atomic E-state index is 0.212. The van der Waals surface area contributed by atoms with Gasteiger partial charge in [0, 0.05) is 6.54 Å². The van der Waals surface area contributed by atoms with Crippen LogP contribution in [0.4, 0.5) is 0 Å². The molecule has 3 amide bonds. The smallest absolute Gasteiger partial charge is 0.326 e. The molecule has 1 saturated carbocycles. The van der Waals surface area contributed by atoms with Crippen molar-refractivity contribution in [3.05, 3.63) is 23.8 Å². The van der Waals surface area contributed by atoms with Crippen molar-refractivity contribution in [2.24, 2.45) is 11.8 Å². The molecule has 2 fully saturated rings. The molecular formula is C21H26N2O7. The van der Waals surface area contributed by atoms with Gasteiger partial charge >= 0.3 is 5.97 Å². The monoisotopic (exact) mass is 418 g/mol. The average Bonchev–Trinajstić information content (AvgIpc) is 3.01. The molecule has 0 spiro atoms. The first-order valence-electron chi connectivity index (χ1n) is 9.93. The molecule has 162 valence electrons. The van der Waals surface area contributed by atoms with Gasteiger partial charge in [0.05, 0.1) is 26.1 Å². The first-order valence-corrected chi connectivity index (χ1v) is 9.93. The van der Waals surface area contributed by atoms with Crippen LogP contribution in [-0.4, -0.2) is 56.0 Å². The summed E-state index contributed by atoms with van der Waals surface area (Å²) in [5.41, 5.74) is 0.781. The second-order valence-corrected chi connectivity index (χ2v) is 7.39. The van der Waals surface area contributed by atoms with E-state index in [9.17, 15) is 19.2 Å². The first kappa shape index (κ1) is 21.6. The van der Waals surface area contributed by atoms with E-state index in [0.717, 1.165) is 23.3 Å². The fourth-order valence-corrected chi connectivity index (χ4v) is 3.95. The predicted molar refractivity (Wildman–Crippen MR) is 105 cm³/mol. The largest absolute Gasteiger partial charge is 0.493 e. The zero-order chi connectivity index (χ0) is 21.7. The standard InChI is InChI=1S/C21H26N2O7/c1-28-16-8-7-13(9-17(16)29-2)10-22-18(24)12-30-19(25)11-23-20(26)14-5-3-4-6-15(14)21(23)27/h7-9,14-15H,3-6,10-12H2,1-2H3,(H,22,24)/t14-,15+. The van der Waals surface area contributed by atoms with Crippen LogP contribution in [0, 0.1) is 11.8 Å². The molecule has 0 bridgehead atoms. The number of rotatable bonds is 8. The van der Waals surface area contributed by atoms with E-state index in [1.807, 2.05) is 0 Å². The third-order valence-corrected chi connectivity index (χ3v) is 5.52. The highest BCUT2D eigenvalue weighted by atomic mass is 16.5. The molecule has 30 heavy (non-hydrogen) atoms. The number of hydrogen-bond acceptors (Lipinski definition) is 7. The van der Waals surface area contributed by atoms with Gasteiger partial charge < -0.3 is 19.5 Å². The van der Waals surface area contributed by atoms with Crippen molar-refractivity contribution in [3.63, 3.8) is 0 Å². The van der Waals surface area contributed by atoms with E-state index >= 15 is 0 Å². The van der Waals surface area contributed by atoms with E-state index in [4.69, 9.17) is 14.2 Å². The molecule has 3 rings (SSSR count). The van der Waals surface area contributed by atoms with E-state index in [2.05, 4.69) is 5.32 Å². The highest BCUT2D eigenvalue weighted by Gasteiger charge is 2.48. The lowest BCUT2D eigenvalue weighted by molar-refractivity contribution is -0.154. The van der Waals surface area contributed by atoms with Crippen molar-refractivity contribution >= 4 is 23.7 Å². The van der Waals surface area contributed by atoms with Crippen LogP contribution in [0.1, 0.15) is 31.2 Å². The number of fused-ring (bicyclic) bond motifs is 1. The molecule has 1 aliphatic heterocycles. The molecule has 1 aromatic rings. The Balaban J connectivity index is 1.44. The summed E-state index contributed by atoms with van der Waals surface area (Å²) in [5, 5.41) is 2.63. The van der Waals surface area contributed by atoms with Crippen LogP contribution in [0.2, 0.25) is 0 Å². The van der Waals surface area contributed by atoms with Crippen molar-refractivity contribution in [2.75, 3.05) is 27.4 Å². The normalized spacial score (nSPS) is 20.5. The number of carbonyl (C=O) groups is 4. The van der Waals surface area contributed by atoms with Crippen LogP contribution in [-0.2, 0) is 30.5 Å². The Hall–Kier alpha value is -3.10. The van der Waals surface area contributed by atoms with Gasteiger partial charge in [-0.15, -0.1) is 0 Å². The number of hydrogen-bond donors (Lipinski definition) is 1. The lowest BCUT2D eigenvalue weighted by atomic mass is 9.81. The predicted octanol–water partition coefficient (Wildman–Crippen LogP) is 1.04. The van der Waals surface area contributed by atoms with Gasteiger partial charge in [0.25, 0.3) is 5.91 Å². The minimum atomic E-state index is -0.781. The summed E-state index contributed by atoms with van der Waals surface area (Å²) in [5.74, 6) is -1.40. The molecule has 1 saturated heterocycles. The van der Waals surface area contributed by atoms with Gasteiger partial charge in [0.15, 0.2) is 18.1 Å². The van der Waals surface area contributed by atoms with Gasteiger partial charge in [0.1, 0.15) is 6.54 Å². The van der Waals surface area contributed by atoms with E-state index in [0.29, 0.717) is 24.3 Å². The lowest BCUT2D eigenvalue weighted by Gasteiger charge is -2.19. The molecule has 1 heterocycles. The molecule has 1 N–H and O–H groups in total. The summed E-state index contributed by atoms with van der Waals surface area (Å²) in [6.07, 6.45) is 3.19. The maximum absolute atomic E-state index is 12.4. The number of carbonyl (C=O) groups excluding carboxylic acids is 4. The fraction of sp³-hybridized carbons (Fsp3) is 0.524. The van der Waals surface area contributed by atoms with Gasteiger partial charge in [-0.3, -0.25) is 24.1 Å². The Morgan fingerprint density at radius 2 is 1.67 bits per heavy atom. The Bertz CT molecular complexity index is 815.